The molecule has 1 aromatic carbocycles. The molecule has 0 bridgehead atoms. The molecule has 0 amide bonds. The Kier molecular flexibility index (Phi) is 6.23. The summed E-state index contributed by atoms with van der Waals surface area (Å²) in [5.41, 5.74) is 1.73. The molecule has 132 valence electrons. The summed E-state index contributed by atoms with van der Waals surface area (Å²) in [5.74, 6) is 1.68. The summed E-state index contributed by atoms with van der Waals surface area (Å²) in [6.07, 6.45) is 0. The van der Waals surface area contributed by atoms with Gasteiger partial charge in [-0.3, -0.25) is 10.1 Å². The van der Waals surface area contributed by atoms with Crippen molar-refractivity contribution in [2.24, 2.45) is 10.9 Å². The van der Waals surface area contributed by atoms with Gasteiger partial charge in [0.1, 0.15) is 0 Å². The molecule has 24 heavy (non-hydrogen) atoms. The third-order valence-electron chi connectivity index (χ3n) is 4.06. The number of non-ortho nitro benzene ring substituents is 1. The first-order valence-corrected chi connectivity index (χ1v) is 9.14. The predicted octanol–water partition coefficient (Wildman–Crippen LogP) is 3.53. The molecule has 2 rings (SSSR count). The fraction of sp³-hybridized carbons (Fsp3) is 0.588. The zero-order valence-corrected chi connectivity index (χ0v) is 15.8. The molecule has 1 aromatic rings. The Labute approximate surface area is 148 Å². The van der Waals surface area contributed by atoms with Gasteiger partial charge in [-0.05, 0) is 31.5 Å². The predicted molar refractivity (Wildman–Crippen MR) is 101 cm³/mol. The van der Waals surface area contributed by atoms with Crippen molar-refractivity contribution in [3.05, 3.63) is 33.9 Å². The molecule has 0 N–H and O–H groups in total. The molecule has 0 aromatic heterocycles. The fourth-order valence-corrected chi connectivity index (χ4v) is 4.05. The lowest BCUT2D eigenvalue weighted by atomic mass is 10.2. The number of hydrogen-bond acceptors (Lipinski definition) is 5. The number of aryl methyl sites for hydroxylation is 1. The zero-order chi connectivity index (χ0) is 17.9. The topological polar surface area (TPSA) is 62.0 Å². The van der Waals surface area contributed by atoms with E-state index in [1.807, 2.05) is 6.92 Å². The molecule has 7 heteroatoms. The van der Waals surface area contributed by atoms with Gasteiger partial charge in [0.25, 0.3) is 5.69 Å². The number of amidine groups is 1. The first-order valence-electron chi connectivity index (χ1n) is 8.15. The maximum atomic E-state index is 10.8. The number of aliphatic imine (C=N–C) groups is 1. The molecule has 1 unspecified atom stereocenters. The van der Waals surface area contributed by atoms with Gasteiger partial charge in [-0.15, -0.1) is 0 Å². The Bertz CT molecular complexity index is 633. The molecule has 6 nitrogen and oxygen atoms in total. The van der Waals surface area contributed by atoms with E-state index in [0.717, 1.165) is 35.3 Å². The zero-order valence-electron chi connectivity index (χ0n) is 15.0. The van der Waals surface area contributed by atoms with Gasteiger partial charge < -0.3 is 9.80 Å². The minimum absolute atomic E-state index is 0.108. The lowest BCUT2D eigenvalue weighted by Crippen LogP contribution is -2.40. The third kappa shape index (κ3) is 4.70. The van der Waals surface area contributed by atoms with Gasteiger partial charge in [0, 0.05) is 38.0 Å². The first-order chi connectivity index (χ1) is 11.3. The second-order valence-electron chi connectivity index (χ2n) is 6.81. The highest BCUT2D eigenvalue weighted by atomic mass is 32.2. The van der Waals surface area contributed by atoms with Crippen LogP contribution in [0.4, 0.5) is 11.4 Å². The van der Waals surface area contributed by atoms with E-state index in [1.165, 1.54) is 6.07 Å². The van der Waals surface area contributed by atoms with Gasteiger partial charge in [-0.2, -0.15) is 0 Å². The van der Waals surface area contributed by atoms with E-state index in [0.29, 0.717) is 12.0 Å². The van der Waals surface area contributed by atoms with Crippen molar-refractivity contribution in [3.8, 4) is 0 Å². The van der Waals surface area contributed by atoms with Gasteiger partial charge in [0.15, 0.2) is 5.17 Å². The largest absolute Gasteiger partial charge is 0.349 e. The van der Waals surface area contributed by atoms with Crippen LogP contribution in [0.2, 0.25) is 0 Å². The van der Waals surface area contributed by atoms with Crippen molar-refractivity contribution in [2.75, 3.05) is 32.9 Å². The number of likely N-dealkylation sites (N-methyl/N-ethyl adjacent to an activating group) is 2. The number of hydrogen-bond donors (Lipinski definition) is 0. The third-order valence-corrected chi connectivity index (χ3v) is 5.25. The van der Waals surface area contributed by atoms with Gasteiger partial charge >= 0.3 is 0 Å². The highest BCUT2D eigenvalue weighted by Crippen LogP contribution is 2.29. The van der Waals surface area contributed by atoms with Crippen molar-refractivity contribution in [3.63, 3.8) is 0 Å². The van der Waals surface area contributed by atoms with Gasteiger partial charge in [0.2, 0.25) is 0 Å². The molecule has 1 heterocycles. The molecule has 1 aliphatic heterocycles. The number of benzene rings is 1. The van der Waals surface area contributed by atoms with Crippen molar-refractivity contribution < 1.29 is 4.92 Å². The standard InChI is InChI=1S/C17H26N4O2S/c1-12(2)9-19(4)10-15-11-24-17(20(15)5)18-16-7-6-14(21(22)23)8-13(16)3/h6-8,12,15H,9-11H2,1-5H3. The summed E-state index contributed by atoms with van der Waals surface area (Å²) in [7, 11) is 4.24. The van der Waals surface area contributed by atoms with E-state index in [4.69, 9.17) is 4.99 Å². The van der Waals surface area contributed by atoms with Crippen LogP contribution in [0.5, 0.6) is 0 Å². The molecule has 0 saturated carbocycles. The summed E-state index contributed by atoms with van der Waals surface area (Å²) in [4.78, 5) is 19.8. The maximum absolute atomic E-state index is 10.8. The van der Waals surface area contributed by atoms with E-state index in [-0.39, 0.29) is 10.6 Å². The SMILES string of the molecule is Cc1cc([N+](=O)[O-])ccc1N=C1SCC(CN(C)CC(C)C)N1C. The summed E-state index contributed by atoms with van der Waals surface area (Å²) >= 11 is 1.75. The maximum Gasteiger partial charge on any atom is 0.269 e. The second kappa shape index (κ2) is 7.98. The van der Waals surface area contributed by atoms with Crippen LogP contribution in [0.1, 0.15) is 19.4 Å². The number of nitro groups is 1. The van der Waals surface area contributed by atoms with Crippen LogP contribution < -0.4 is 0 Å². The monoisotopic (exact) mass is 350 g/mol. The van der Waals surface area contributed by atoms with Gasteiger partial charge in [0.05, 0.1) is 16.7 Å². The Morgan fingerprint density at radius 2 is 2.21 bits per heavy atom. The van der Waals surface area contributed by atoms with Crippen LogP contribution in [-0.2, 0) is 0 Å². The average Bonchev–Trinajstić information content (AvgIpc) is 2.81. The number of nitrogens with zero attached hydrogens (tertiary/aromatic N) is 4. The molecule has 1 atom stereocenters. The van der Waals surface area contributed by atoms with Gasteiger partial charge in [-0.25, -0.2) is 4.99 Å². The molecule has 1 saturated heterocycles. The molecular formula is C17H26N4O2S. The van der Waals surface area contributed by atoms with Crippen LogP contribution >= 0.6 is 11.8 Å². The van der Waals surface area contributed by atoms with Crippen LogP contribution in [0.3, 0.4) is 0 Å². The second-order valence-corrected chi connectivity index (χ2v) is 7.80. The Morgan fingerprint density at radius 1 is 1.50 bits per heavy atom. The van der Waals surface area contributed by atoms with Crippen LogP contribution in [-0.4, -0.2) is 58.9 Å². The number of nitro benzene ring substituents is 1. The van der Waals surface area contributed by atoms with Crippen LogP contribution in [0.25, 0.3) is 0 Å². The van der Waals surface area contributed by atoms with Crippen LogP contribution in [0, 0.1) is 23.0 Å². The average molecular weight is 350 g/mol. The van der Waals surface area contributed by atoms with E-state index in [1.54, 1.807) is 23.9 Å². The molecule has 0 spiro atoms. The first kappa shape index (κ1) is 18.7. The Hall–Kier alpha value is -1.60. The summed E-state index contributed by atoms with van der Waals surface area (Å²) < 4.78 is 0. The lowest BCUT2D eigenvalue weighted by Gasteiger charge is -2.27. The minimum Gasteiger partial charge on any atom is -0.349 e. The highest BCUT2D eigenvalue weighted by molar-refractivity contribution is 8.14. The van der Waals surface area contributed by atoms with Crippen LogP contribution in [0.15, 0.2) is 23.2 Å². The number of thioether (sulfide) groups is 1. The molecular weight excluding hydrogens is 324 g/mol. The molecule has 0 radical (unpaired) electrons. The quantitative estimate of drug-likeness (QED) is 0.580. The molecule has 1 fully saturated rings. The van der Waals surface area contributed by atoms with Gasteiger partial charge in [-0.1, -0.05) is 25.6 Å². The van der Waals surface area contributed by atoms with Crippen molar-refractivity contribution in [1.82, 2.24) is 9.80 Å². The molecule has 0 aliphatic carbocycles. The van der Waals surface area contributed by atoms with E-state index < -0.39 is 0 Å². The Morgan fingerprint density at radius 3 is 2.79 bits per heavy atom. The number of rotatable bonds is 6. The normalized spacial score (nSPS) is 19.7. The van der Waals surface area contributed by atoms with E-state index in [9.17, 15) is 10.1 Å². The van der Waals surface area contributed by atoms with E-state index >= 15 is 0 Å². The highest BCUT2D eigenvalue weighted by Gasteiger charge is 2.28. The summed E-state index contributed by atoms with van der Waals surface area (Å²) in [6.45, 7) is 8.42. The summed E-state index contributed by atoms with van der Waals surface area (Å²) in [6, 6.07) is 5.26. The fourth-order valence-electron chi connectivity index (χ4n) is 2.87. The van der Waals surface area contributed by atoms with Crippen molar-refractivity contribution in [2.45, 2.75) is 26.8 Å². The van der Waals surface area contributed by atoms with E-state index in [2.05, 4.69) is 37.7 Å². The van der Waals surface area contributed by atoms with Crippen molar-refractivity contribution >= 4 is 28.3 Å². The smallest absolute Gasteiger partial charge is 0.269 e. The molecule has 1 aliphatic rings. The minimum atomic E-state index is -0.374. The lowest BCUT2D eigenvalue weighted by molar-refractivity contribution is -0.384. The summed E-state index contributed by atoms with van der Waals surface area (Å²) in [5, 5.41) is 11.8. The Balaban J connectivity index is 2.08. The van der Waals surface area contributed by atoms with Crippen molar-refractivity contribution in [1.29, 1.82) is 0 Å².